The predicted octanol–water partition coefficient (Wildman–Crippen LogP) is 2.12. The Labute approximate surface area is 127 Å². The van der Waals surface area contributed by atoms with Gasteiger partial charge in [0.15, 0.2) is 17.2 Å². The summed E-state index contributed by atoms with van der Waals surface area (Å²) in [6.45, 7) is 0. The molecule has 112 valence electrons. The van der Waals surface area contributed by atoms with Crippen LogP contribution in [0.3, 0.4) is 0 Å². The number of carbonyl (C=O) groups excluding carboxylic acids is 1. The molecule has 0 spiro atoms. The van der Waals surface area contributed by atoms with Crippen molar-refractivity contribution in [2.24, 2.45) is 0 Å². The van der Waals surface area contributed by atoms with Crippen molar-refractivity contribution in [1.29, 1.82) is 0 Å². The molecule has 0 amide bonds. The third-order valence-electron chi connectivity index (χ3n) is 3.34. The van der Waals surface area contributed by atoms with Crippen LogP contribution in [0.4, 0.5) is 0 Å². The summed E-state index contributed by atoms with van der Waals surface area (Å²) < 4.78 is 11.6. The number of hydrogen-bond acceptors (Lipinski definition) is 5. The van der Waals surface area contributed by atoms with Crippen molar-refractivity contribution in [2.75, 3.05) is 14.2 Å². The molecule has 0 bridgehead atoms. The monoisotopic (exact) mass is 297 g/mol. The minimum Gasteiger partial charge on any atom is -0.496 e. The van der Waals surface area contributed by atoms with Crippen molar-refractivity contribution in [3.05, 3.63) is 59.5 Å². The minimum atomic E-state index is -0.445. The summed E-state index contributed by atoms with van der Waals surface area (Å²) in [5.41, 5.74) is 1.94. The number of ether oxygens (including phenoxy) is 2. The van der Waals surface area contributed by atoms with E-state index in [9.17, 15) is 4.79 Å². The molecule has 1 aromatic carbocycles. The van der Waals surface area contributed by atoms with Crippen LogP contribution in [0.15, 0.2) is 42.5 Å². The van der Waals surface area contributed by atoms with E-state index in [4.69, 9.17) is 9.47 Å². The van der Waals surface area contributed by atoms with Gasteiger partial charge in [0.2, 0.25) is 0 Å². The topological polar surface area (TPSA) is 65.7 Å². The lowest BCUT2D eigenvalue weighted by Crippen LogP contribution is -2.08. The van der Waals surface area contributed by atoms with Gasteiger partial charge in [-0.1, -0.05) is 24.3 Å². The number of hydrogen-bond donors (Lipinski definition) is 0. The number of pyridine rings is 1. The van der Waals surface area contributed by atoms with Gasteiger partial charge in [0.1, 0.15) is 5.75 Å². The zero-order valence-electron chi connectivity index (χ0n) is 12.3. The van der Waals surface area contributed by atoms with Gasteiger partial charge in [0.05, 0.1) is 14.2 Å². The van der Waals surface area contributed by atoms with Crippen LogP contribution in [0.1, 0.15) is 21.9 Å². The van der Waals surface area contributed by atoms with E-state index in [0.717, 1.165) is 11.3 Å². The Bertz CT molecular complexity index is 826. The van der Waals surface area contributed by atoms with Gasteiger partial charge in [-0.05, 0) is 18.2 Å². The molecule has 2 heterocycles. The zero-order valence-corrected chi connectivity index (χ0v) is 12.3. The van der Waals surface area contributed by atoms with Gasteiger partial charge in [0.25, 0.3) is 0 Å². The number of benzene rings is 1. The average Bonchev–Trinajstić information content (AvgIpc) is 2.96. The molecule has 0 saturated carbocycles. The Morgan fingerprint density at radius 2 is 1.95 bits per heavy atom. The number of methoxy groups -OCH3 is 2. The number of aromatic nitrogens is 3. The first kappa shape index (κ1) is 14.1. The molecule has 0 aliphatic heterocycles. The van der Waals surface area contributed by atoms with Gasteiger partial charge >= 0.3 is 5.97 Å². The molecule has 3 aromatic rings. The Kier molecular flexibility index (Phi) is 3.74. The van der Waals surface area contributed by atoms with E-state index in [2.05, 4.69) is 10.1 Å². The molecule has 0 atom stereocenters. The molecule has 0 radical (unpaired) electrons. The number of esters is 1. The maximum Gasteiger partial charge on any atom is 0.356 e. The molecule has 6 nitrogen and oxygen atoms in total. The van der Waals surface area contributed by atoms with Gasteiger partial charge in [-0.25, -0.2) is 14.3 Å². The highest BCUT2D eigenvalue weighted by atomic mass is 16.5. The smallest absolute Gasteiger partial charge is 0.356 e. The molecule has 0 N–H and O–H groups in total. The molecule has 0 unspecified atom stereocenters. The van der Waals surface area contributed by atoms with Crippen LogP contribution in [0.5, 0.6) is 5.75 Å². The number of carbonyl (C=O) groups is 1. The Balaban J connectivity index is 2.01. The van der Waals surface area contributed by atoms with E-state index in [1.54, 1.807) is 25.3 Å². The summed E-state index contributed by atoms with van der Waals surface area (Å²) >= 11 is 0. The van der Waals surface area contributed by atoms with Gasteiger partial charge in [0, 0.05) is 12.0 Å². The second-order valence-corrected chi connectivity index (χ2v) is 4.69. The second-order valence-electron chi connectivity index (χ2n) is 4.69. The van der Waals surface area contributed by atoms with Crippen LogP contribution in [0.25, 0.3) is 5.65 Å². The molecule has 0 saturated heterocycles. The molecule has 3 rings (SSSR count). The van der Waals surface area contributed by atoms with E-state index >= 15 is 0 Å². The molecular weight excluding hydrogens is 282 g/mol. The standard InChI is InChI=1S/C16H15N3O3/c1-21-13-8-4-3-6-11(13)10-14-17-15-9-5-7-12(16(20)22-2)19(15)18-14/h3-9H,10H2,1-2H3. The van der Waals surface area contributed by atoms with Crippen molar-refractivity contribution in [3.63, 3.8) is 0 Å². The fourth-order valence-electron chi connectivity index (χ4n) is 2.30. The van der Waals surface area contributed by atoms with Crippen molar-refractivity contribution in [2.45, 2.75) is 6.42 Å². The molecular formula is C16H15N3O3. The molecule has 0 fully saturated rings. The first-order valence-electron chi connectivity index (χ1n) is 6.78. The van der Waals surface area contributed by atoms with E-state index in [1.165, 1.54) is 11.6 Å². The van der Waals surface area contributed by atoms with Crippen LogP contribution >= 0.6 is 0 Å². The largest absolute Gasteiger partial charge is 0.496 e. The number of nitrogens with zero attached hydrogens (tertiary/aromatic N) is 3. The fraction of sp³-hybridized carbons (Fsp3) is 0.188. The summed E-state index contributed by atoms with van der Waals surface area (Å²) in [4.78, 5) is 16.2. The fourth-order valence-corrected chi connectivity index (χ4v) is 2.30. The normalized spacial score (nSPS) is 10.6. The summed E-state index contributed by atoms with van der Waals surface area (Å²) in [5, 5.41) is 4.40. The Hall–Kier alpha value is -2.89. The maximum absolute atomic E-state index is 11.8. The van der Waals surface area contributed by atoms with E-state index < -0.39 is 5.97 Å². The highest BCUT2D eigenvalue weighted by Gasteiger charge is 2.14. The third kappa shape index (κ3) is 2.50. The molecule has 0 aliphatic carbocycles. The number of rotatable bonds is 4. The SMILES string of the molecule is COC(=O)c1cccc2nc(Cc3ccccc3OC)nn12. The van der Waals surface area contributed by atoms with Crippen molar-refractivity contribution in [3.8, 4) is 5.75 Å². The van der Waals surface area contributed by atoms with Crippen LogP contribution in [-0.4, -0.2) is 34.8 Å². The lowest BCUT2D eigenvalue weighted by molar-refractivity contribution is 0.0591. The Morgan fingerprint density at radius 3 is 2.73 bits per heavy atom. The second kappa shape index (κ2) is 5.85. The van der Waals surface area contributed by atoms with Crippen molar-refractivity contribution >= 4 is 11.6 Å². The van der Waals surface area contributed by atoms with Crippen molar-refractivity contribution in [1.82, 2.24) is 14.6 Å². The molecule has 6 heteroatoms. The van der Waals surface area contributed by atoms with Crippen LogP contribution < -0.4 is 4.74 Å². The lowest BCUT2D eigenvalue weighted by atomic mass is 10.1. The summed E-state index contributed by atoms with van der Waals surface area (Å²) in [7, 11) is 2.97. The average molecular weight is 297 g/mol. The number of para-hydroxylation sites is 1. The highest BCUT2D eigenvalue weighted by Crippen LogP contribution is 2.20. The summed E-state index contributed by atoms with van der Waals surface area (Å²) in [6.07, 6.45) is 0.520. The first-order valence-corrected chi connectivity index (χ1v) is 6.78. The van der Waals surface area contributed by atoms with E-state index in [-0.39, 0.29) is 0 Å². The zero-order chi connectivity index (χ0) is 15.5. The van der Waals surface area contributed by atoms with Gasteiger partial charge in [-0.2, -0.15) is 5.10 Å². The van der Waals surface area contributed by atoms with Crippen LogP contribution in [-0.2, 0) is 11.2 Å². The first-order chi connectivity index (χ1) is 10.7. The Morgan fingerprint density at radius 1 is 1.14 bits per heavy atom. The highest BCUT2D eigenvalue weighted by molar-refractivity contribution is 5.88. The van der Waals surface area contributed by atoms with Gasteiger partial charge < -0.3 is 9.47 Å². The molecule has 2 aromatic heterocycles. The van der Waals surface area contributed by atoms with Gasteiger partial charge in [-0.3, -0.25) is 0 Å². The minimum absolute atomic E-state index is 0.346. The number of fused-ring (bicyclic) bond motifs is 1. The van der Waals surface area contributed by atoms with E-state index in [0.29, 0.717) is 23.6 Å². The van der Waals surface area contributed by atoms with Crippen LogP contribution in [0, 0.1) is 0 Å². The van der Waals surface area contributed by atoms with E-state index in [1.807, 2.05) is 24.3 Å². The van der Waals surface area contributed by atoms with Crippen molar-refractivity contribution < 1.29 is 14.3 Å². The molecule has 22 heavy (non-hydrogen) atoms. The molecule has 0 aliphatic rings. The lowest BCUT2D eigenvalue weighted by Gasteiger charge is -2.05. The maximum atomic E-state index is 11.8. The third-order valence-corrected chi connectivity index (χ3v) is 3.34. The summed E-state index contributed by atoms with van der Waals surface area (Å²) in [5.74, 6) is 0.953. The predicted molar refractivity (Wildman–Crippen MR) is 80.1 cm³/mol. The van der Waals surface area contributed by atoms with Gasteiger partial charge in [-0.15, -0.1) is 0 Å². The quantitative estimate of drug-likeness (QED) is 0.690. The van der Waals surface area contributed by atoms with Crippen LogP contribution in [0.2, 0.25) is 0 Å². The summed E-state index contributed by atoms with van der Waals surface area (Å²) in [6, 6.07) is 12.9.